The van der Waals surface area contributed by atoms with Crippen LogP contribution < -0.4 is 4.72 Å². The van der Waals surface area contributed by atoms with Gasteiger partial charge in [0.05, 0.1) is 16.5 Å². The van der Waals surface area contributed by atoms with Gasteiger partial charge in [0.25, 0.3) is 0 Å². The molecule has 0 aliphatic heterocycles. The number of nitrogens with one attached hydrogen (secondary N) is 1. The lowest BCUT2D eigenvalue weighted by molar-refractivity contribution is 0.251. The highest BCUT2D eigenvalue weighted by Crippen LogP contribution is 2.14. The molecule has 1 aromatic rings. The quantitative estimate of drug-likeness (QED) is 0.763. The Hall–Kier alpha value is -1.42. The number of rotatable bonds is 8. The van der Waals surface area contributed by atoms with Crippen LogP contribution in [0.4, 0.5) is 0 Å². The number of aliphatic hydroxyl groups is 1. The first-order valence-electron chi connectivity index (χ1n) is 6.64. The lowest BCUT2D eigenvalue weighted by Gasteiger charge is -2.15. The van der Waals surface area contributed by atoms with E-state index in [1.807, 2.05) is 13.0 Å². The van der Waals surface area contributed by atoms with Gasteiger partial charge in [-0.3, -0.25) is 0 Å². The Kier molecular flexibility index (Phi) is 6.65. The molecule has 0 spiro atoms. The number of nitrogens with zero attached hydrogens (tertiary/aromatic N) is 1. The van der Waals surface area contributed by atoms with Crippen LogP contribution >= 0.6 is 0 Å². The molecular weight excluding hydrogens is 276 g/mol. The van der Waals surface area contributed by atoms with E-state index in [2.05, 4.69) is 4.72 Å². The Morgan fingerprint density at radius 1 is 1.40 bits per heavy atom. The first-order chi connectivity index (χ1) is 9.53. The van der Waals surface area contributed by atoms with E-state index in [-0.39, 0.29) is 17.4 Å². The Morgan fingerprint density at radius 3 is 2.75 bits per heavy atom. The van der Waals surface area contributed by atoms with E-state index in [4.69, 9.17) is 10.4 Å². The molecule has 0 fully saturated rings. The molecule has 0 saturated carbocycles. The molecule has 0 aliphatic rings. The summed E-state index contributed by atoms with van der Waals surface area (Å²) in [6.45, 7) is 2.37. The standard InChI is InChI=1S/C14H20N2O3S/c1-2-4-12(7-8-17)11-16-20(18,19)14-6-3-5-13(9-14)10-15/h3,5-6,9,12,16-17H,2,4,7-8,11H2,1H3. The predicted octanol–water partition coefficient (Wildman–Crippen LogP) is 1.64. The third-order valence-corrected chi connectivity index (χ3v) is 4.49. The van der Waals surface area contributed by atoms with E-state index in [1.165, 1.54) is 12.1 Å². The van der Waals surface area contributed by atoms with Gasteiger partial charge in [-0.1, -0.05) is 19.4 Å². The van der Waals surface area contributed by atoms with Gasteiger partial charge in [-0.2, -0.15) is 5.26 Å². The molecule has 2 N–H and O–H groups in total. The summed E-state index contributed by atoms with van der Waals surface area (Å²) in [5.74, 6) is 0.124. The summed E-state index contributed by atoms with van der Waals surface area (Å²) in [7, 11) is -3.61. The van der Waals surface area contributed by atoms with Crippen molar-refractivity contribution in [3.63, 3.8) is 0 Å². The molecule has 1 rings (SSSR count). The monoisotopic (exact) mass is 296 g/mol. The molecule has 0 bridgehead atoms. The lowest BCUT2D eigenvalue weighted by Crippen LogP contribution is -2.30. The van der Waals surface area contributed by atoms with Gasteiger partial charge in [-0.15, -0.1) is 0 Å². The highest BCUT2D eigenvalue weighted by Gasteiger charge is 2.16. The van der Waals surface area contributed by atoms with Crippen molar-refractivity contribution in [1.29, 1.82) is 5.26 Å². The van der Waals surface area contributed by atoms with Crippen LogP contribution in [-0.2, 0) is 10.0 Å². The molecule has 1 unspecified atom stereocenters. The Bertz CT molecular complexity index is 558. The summed E-state index contributed by atoms with van der Waals surface area (Å²) in [6, 6.07) is 7.84. The van der Waals surface area contributed by atoms with Gasteiger partial charge in [0.2, 0.25) is 10.0 Å². The molecule has 1 aromatic carbocycles. The van der Waals surface area contributed by atoms with Crippen LogP contribution in [0.15, 0.2) is 29.2 Å². The van der Waals surface area contributed by atoms with Crippen molar-refractivity contribution in [2.45, 2.75) is 31.1 Å². The molecule has 0 saturated heterocycles. The minimum absolute atomic E-state index is 0.0519. The molecule has 110 valence electrons. The van der Waals surface area contributed by atoms with E-state index in [1.54, 1.807) is 12.1 Å². The molecule has 20 heavy (non-hydrogen) atoms. The number of hydrogen-bond donors (Lipinski definition) is 2. The highest BCUT2D eigenvalue weighted by atomic mass is 32.2. The van der Waals surface area contributed by atoms with Crippen molar-refractivity contribution >= 4 is 10.0 Å². The van der Waals surface area contributed by atoms with Crippen molar-refractivity contribution in [2.75, 3.05) is 13.2 Å². The van der Waals surface area contributed by atoms with Gasteiger partial charge >= 0.3 is 0 Å². The number of hydrogen-bond acceptors (Lipinski definition) is 4. The molecule has 0 heterocycles. The minimum atomic E-state index is -3.61. The summed E-state index contributed by atoms with van der Waals surface area (Å²) >= 11 is 0. The fourth-order valence-electron chi connectivity index (χ4n) is 1.98. The fourth-order valence-corrected chi connectivity index (χ4v) is 3.14. The zero-order valence-electron chi connectivity index (χ0n) is 11.5. The van der Waals surface area contributed by atoms with Gasteiger partial charge in [-0.05, 0) is 37.0 Å². The van der Waals surface area contributed by atoms with Crippen molar-refractivity contribution in [1.82, 2.24) is 4.72 Å². The predicted molar refractivity (Wildman–Crippen MR) is 76.4 cm³/mol. The van der Waals surface area contributed by atoms with Crippen LogP contribution in [0.25, 0.3) is 0 Å². The van der Waals surface area contributed by atoms with Crippen molar-refractivity contribution < 1.29 is 13.5 Å². The summed E-state index contributed by atoms with van der Waals surface area (Å²) in [5.41, 5.74) is 0.313. The third kappa shape index (κ3) is 4.93. The van der Waals surface area contributed by atoms with Crippen LogP contribution in [0, 0.1) is 17.2 Å². The topological polar surface area (TPSA) is 90.2 Å². The molecular formula is C14H20N2O3S. The number of benzene rings is 1. The van der Waals surface area contributed by atoms with E-state index in [0.717, 1.165) is 12.8 Å². The maximum Gasteiger partial charge on any atom is 0.240 e. The van der Waals surface area contributed by atoms with Crippen LogP contribution in [-0.4, -0.2) is 26.7 Å². The summed E-state index contributed by atoms with van der Waals surface area (Å²) in [4.78, 5) is 0.0933. The summed E-state index contributed by atoms with van der Waals surface area (Å²) in [5, 5.41) is 17.8. The highest BCUT2D eigenvalue weighted by molar-refractivity contribution is 7.89. The number of aliphatic hydroxyl groups excluding tert-OH is 1. The van der Waals surface area contributed by atoms with Crippen LogP contribution in [0.3, 0.4) is 0 Å². The number of sulfonamides is 1. The second-order valence-electron chi connectivity index (χ2n) is 4.66. The maximum atomic E-state index is 12.1. The zero-order chi connectivity index (χ0) is 15.0. The fraction of sp³-hybridized carbons (Fsp3) is 0.500. The molecule has 0 radical (unpaired) electrons. The molecule has 1 atom stereocenters. The van der Waals surface area contributed by atoms with E-state index in [0.29, 0.717) is 18.5 Å². The van der Waals surface area contributed by atoms with Crippen molar-refractivity contribution in [3.8, 4) is 6.07 Å². The molecule has 0 aromatic heterocycles. The smallest absolute Gasteiger partial charge is 0.240 e. The first kappa shape index (κ1) is 16.6. The van der Waals surface area contributed by atoms with Gasteiger partial charge in [0, 0.05) is 13.2 Å². The minimum Gasteiger partial charge on any atom is -0.396 e. The summed E-state index contributed by atoms with van der Waals surface area (Å²) < 4.78 is 26.8. The van der Waals surface area contributed by atoms with Crippen LogP contribution in [0.2, 0.25) is 0 Å². The second-order valence-corrected chi connectivity index (χ2v) is 6.43. The molecule has 0 amide bonds. The Labute approximate surface area is 120 Å². The summed E-state index contributed by atoms with van der Waals surface area (Å²) in [6.07, 6.45) is 2.38. The van der Waals surface area contributed by atoms with Gasteiger partial charge in [0.15, 0.2) is 0 Å². The third-order valence-electron chi connectivity index (χ3n) is 3.07. The van der Waals surface area contributed by atoms with Gasteiger partial charge < -0.3 is 5.11 Å². The lowest BCUT2D eigenvalue weighted by atomic mass is 10.0. The Morgan fingerprint density at radius 2 is 2.15 bits per heavy atom. The Balaban J connectivity index is 2.76. The largest absolute Gasteiger partial charge is 0.396 e. The zero-order valence-corrected chi connectivity index (χ0v) is 12.4. The van der Waals surface area contributed by atoms with E-state index >= 15 is 0 Å². The maximum absolute atomic E-state index is 12.1. The van der Waals surface area contributed by atoms with E-state index in [9.17, 15) is 8.42 Å². The second kappa shape index (κ2) is 8.00. The molecule has 6 heteroatoms. The van der Waals surface area contributed by atoms with Gasteiger partial charge in [-0.25, -0.2) is 13.1 Å². The molecule has 0 aliphatic carbocycles. The SMILES string of the molecule is CCCC(CCO)CNS(=O)(=O)c1cccc(C#N)c1. The van der Waals surface area contributed by atoms with Gasteiger partial charge in [0.1, 0.15) is 0 Å². The van der Waals surface area contributed by atoms with Crippen LogP contribution in [0.1, 0.15) is 31.7 Å². The normalized spacial score (nSPS) is 12.8. The molecule has 5 nitrogen and oxygen atoms in total. The number of nitriles is 1. The van der Waals surface area contributed by atoms with Crippen LogP contribution in [0.5, 0.6) is 0 Å². The van der Waals surface area contributed by atoms with E-state index < -0.39 is 10.0 Å². The van der Waals surface area contributed by atoms with Crippen molar-refractivity contribution in [3.05, 3.63) is 29.8 Å². The average molecular weight is 296 g/mol. The van der Waals surface area contributed by atoms with Crippen molar-refractivity contribution in [2.24, 2.45) is 5.92 Å². The average Bonchev–Trinajstić information content (AvgIpc) is 2.45. The first-order valence-corrected chi connectivity index (χ1v) is 8.12.